The molecule has 1 aromatic heterocycles. The maximum Gasteiger partial charge on any atom is 0.416 e. The first kappa shape index (κ1) is 37.4. The number of amides is 1. The van der Waals surface area contributed by atoms with E-state index >= 15 is 0 Å². The molecule has 16 heteroatoms. The van der Waals surface area contributed by atoms with Crippen molar-refractivity contribution in [2.45, 2.75) is 108 Å². The van der Waals surface area contributed by atoms with Crippen molar-refractivity contribution in [1.29, 1.82) is 0 Å². The molecule has 3 heterocycles. The molecule has 2 aromatic rings. The predicted octanol–water partition coefficient (Wildman–Crippen LogP) is 7.16. The van der Waals surface area contributed by atoms with E-state index < -0.39 is 53.6 Å². The van der Waals surface area contributed by atoms with Crippen LogP contribution in [-0.2, 0) is 33.2 Å². The van der Waals surface area contributed by atoms with Crippen molar-refractivity contribution >= 4 is 23.7 Å². The number of alkyl halides is 6. The number of aliphatic carboxylic acids is 1. The number of benzene rings is 1. The second-order valence-corrected chi connectivity index (χ2v) is 13.2. The number of likely N-dealkylation sites (tertiary alicyclic amines) is 1. The smallest absolute Gasteiger partial charge is 0.416 e. The van der Waals surface area contributed by atoms with Crippen molar-refractivity contribution in [2.75, 3.05) is 36.1 Å². The third-order valence-corrected chi connectivity index (χ3v) is 10.0. The van der Waals surface area contributed by atoms with E-state index in [-0.39, 0.29) is 36.2 Å². The molecule has 5 rings (SSSR count). The average Bonchev–Trinajstić information content (AvgIpc) is 3.09. The van der Waals surface area contributed by atoms with Crippen molar-refractivity contribution in [3.63, 3.8) is 0 Å². The zero-order valence-electron chi connectivity index (χ0n) is 28.0. The highest BCUT2D eigenvalue weighted by Crippen LogP contribution is 2.39. The molecule has 0 bridgehead atoms. The zero-order chi connectivity index (χ0) is 36.2. The normalized spacial score (nSPS) is 24.9. The van der Waals surface area contributed by atoms with Crippen LogP contribution in [0.1, 0.15) is 81.9 Å². The number of carbonyl (C=O) groups is 2. The molecule has 2 aliphatic heterocycles. The van der Waals surface area contributed by atoms with Crippen LogP contribution in [0.4, 0.5) is 42.8 Å². The SMILES string of the molecule is CCC1CC(N(Cc2cc(C(F)(F)F)cc(C(F)(F)F)c2)c2ncc(N3CCOCC3)cn2)C[C@H](CC)N1C(=O)OC1CCC(C(=O)O)CC1. The Morgan fingerprint density at radius 2 is 1.44 bits per heavy atom. The Labute approximate surface area is 286 Å². The summed E-state index contributed by atoms with van der Waals surface area (Å²) in [5.41, 5.74) is -2.30. The number of carboxylic acids is 1. The molecule has 3 aliphatic rings. The minimum Gasteiger partial charge on any atom is -0.481 e. The Hall–Kier alpha value is -3.82. The monoisotopic (exact) mass is 715 g/mol. The van der Waals surface area contributed by atoms with Crippen LogP contribution in [0, 0.1) is 5.92 Å². The van der Waals surface area contributed by atoms with Crippen LogP contribution in [0.5, 0.6) is 0 Å². The molecule has 1 saturated carbocycles. The van der Waals surface area contributed by atoms with Gasteiger partial charge in [-0.1, -0.05) is 13.8 Å². The van der Waals surface area contributed by atoms with Crippen molar-refractivity contribution in [3.8, 4) is 0 Å². The van der Waals surface area contributed by atoms with Gasteiger partial charge in [-0.3, -0.25) is 4.79 Å². The first-order chi connectivity index (χ1) is 23.7. The van der Waals surface area contributed by atoms with Crippen LogP contribution < -0.4 is 9.80 Å². The summed E-state index contributed by atoms with van der Waals surface area (Å²) in [6, 6.07) is 0.403. The number of carboxylic acid groups (broad SMARTS) is 1. The third-order valence-electron chi connectivity index (χ3n) is 10.0. The fourth-order valence-electron chi connectivity index (χ4n) is 7.28. The number of piperidine rings is 1. The third kappa shape index (κ3) is 8.90. The van der Waals surface area contributed by atoms with Gasteiger partial charge in [0.25, 0.3) is 0 Å². The molecule has 3 atom stereocenters. The number of anilines is 2. The standard InChI is InChI=1S/C34H43F6N5O5/c1-3-25-16-27(17-26(4-2)45(25)32(48)50-29-7-5-22(6-8-29)30(46)47)44(31-41-18-28(19-42-31)43-9-11-49-12-10-43)20-21-13-23(33(35,36)37)15-24(14-21)34(38,39)40/h13-15,18-19,22,25-27,29H,3-12,16-17,20H2,1-2H3,(H,46,47)/t22?,25-,26?,27?,29?/m0/s1. The minimum atomic E-state index is -5.00. The Balaban J connectivity index is 1.44. The minimum absolute atomic E-state index is 0.111. The van der Waals surface area contributed by atoms with E-state index in [9.17, 15) is 41.0 Å². The quantitative estimate of drug-likeness (QED) is 0.271. The summed E-state index contributed by atoms with van der Waals surface area (Å²) in [6.45, 7) is 5.74. The second kappa shape index (κ2) is 15.6. The van der Waals surface area contributed by atoms with Crippen molar-refractivity contribution in [3.05, 3.63) is 47.3 Å². The number of rotatable bonds is 9. The molecular formula is C34H43F6N5O5. The molecule has 1 N–H and O–H groups in total. The Bertz CT molecular complexity index is 1420. The lowest BCUT2D eigenvalue weighted by Crippen LogP contribution is -2.57. The average molecular weight is 716 g/mol. The van der Waals surface area contributed by atoms with E-state index in [1.165, 1.54) is 0 Å². The van der Waals surface area contributed by atoms with Crippen molar-refractivity contribution in [2.24, 2.45) is 5.92 Å². The highest BCUT2D eigenvalue weighted by atomic mass is 19.4. The number of hydrogen-bond donors (Lipinski definition) is 1. The molecule has 1 amide bonds. The first-order valence-electron chi connectivity index (χ1n) is 17.1. The summed E-state index contributed by atoms with van der Waals surface area (Å²) < 4.78 is 94.2. The van der Waals surface area contributed by atoms with Crippen LogP contribution in [-0.4, -0.2) is 82.6 Å². The van der Waals surface area contributed by atoms with E-state index in [2.05, 4.69) is 9.97 Å². The van der Waals surface area contributed by atoms with Gasteiger partial charge in [-0.2, -0.15) is 26.3 Å². The van der Waals surface area contributed by atoms with Crippen molar-refractivity contribution in [1.82, 2.24) is 14.9 Å². The number of nitrogens with zero attached hydrogens (tertiary/aromatic N) is 5. The summed E-state index contributed by atoms with van der Waals surface area (Å²) in [7, 11) is 0. The summed E-state index contributed by atoms with van der Waals surface area (Å²) in [5.74, 6) is -1.18. The maximum absolute atomic E-state index is 13.8. The summed E-state index contributed by atoms with van der Waals surface area (Å²) in [4.78, 5) is 39.5. The molecule has 2 saturated heterocycles. The first-order valence-corrected chi connectivity index (χ1v) is 17.1. The van der Waals surface area contributed by atoms with Gasteiger partial charge in [-0.15, -0.1) is 0 Å². The van der Waals surface area contributed by atoms with Gasteiger partial charge in [0.15, 0.2) is 0 Å². The van der Waals surface area contributed by atoms with Gasteiger partial charge in [0.1, 0.15) is 6.10 Å². The highest BCUT2D eigenvalue weighted by Gasteiger charge is 2.42. The van der Waals surface area contributed by atoms with Gasteiger partial charge in [0.05, 0.1) is 48.3 Å². The van der Waals surface area contributed by atoms with E-state index in [0.717, 1.165) is 12.1 Å². The second-order valence-electron chi connectivity index (χ2n) is 13.2. The Kier molecular flexibility index (Phi) is 11.7. The molecule has 1 aromatic carbocycles. The predicted molar refractivity (Wildman–Crippen MR) is 171 cm³/mol. The number of hydrogen-bond acceptors (Lipinski definition) is 8. The van der Waals surface area contributed by atoms with E-state index in [0.29, 0.717) is 83.4 Å². The number of ether oxygens (including phenoxy) is 2. The topological polar surface area (TPSA) is 108 Å². The van der Waals surface area contributed by atoms with Gasteiger partial charge in [0, 0.05) is 37.8 Å². The number of carbonyl (C=O) groups excluding carboxylic acids is 1. The van der Waals surface area contributed by atoms with Gasteiger partial charge in [0.2, 0.25) is 5.95 Å². The van der Waals surface area contributed by atoms with Crippen LogP contribution in [0.3, 0.4) is 0 Å². The fourth-order valence-corrected chi connectivity index (χ4v) is 7.28. The number of halogens is 6. The van der Waals surface area contributed by atoms with E-state index in [1.54, 1.807) is 22.2 Å². The van der Waals surface area contributed by atoms with E-state index in [1.807, 2.05) is 18.7 Å². The lowest BCUT2D eigenvalue weighted by molar-refractivity contribution is -0.144. The van der Waals surface area contributed by atoms with Gasteiger partial charge < -0.3 is 29.3 Å². The summed E-state index contributed by atoms with van der Waals surface area (Å²) in [6.07, 6.45) is -4.33. The summed E-state index contributed by atoms with van der Waals surface area (Å²) in [5, 5.41) is 9.32. The molecule has 3 fully saturated rings. The largest absolute Gasteiger partial charge is 0.481 e. The molecule has 276 valence electrons. The summed E-state index contributed by atoms with van der Waals surface area (Å²) >= 11 is 0. The van der Waals surface area contributed by atoms with Crippen molar-refractivity contribution < 1.29 is 50.5 Å². The van der Waals surface area contributed by atoms with Crippen LogP contribution in [0.2, 0.25) is 0 Å². The zero-order valence-corrected chi connectivity index (χ0v) is 28.0. The molecule has 10 nitrogen and oxygen atoms in total. The van der Waals surface area contributed by atoms with E-state index in [4.69, 9.17) is 9.47 Å². The molecule has 0 radical (unpaired) electrons. The molecular weight excluding hydrogens is 672 g/mol. The number of aromatic nitrogens is 2. The van der Waals surface area contributed by atoms with Gasteiger partial charge in [-0.05, 0) is 75.1 Å². The molecule has 1 aliphatic carbocycles. The number of morpholine rings is 1. The maximum atomic E-state index is 13.8. The molecule has 2 unspecified atom stereocenters. The van der Waals surface area contributed by atoms with Crippen LogP contribution >= 0.6 is 0 Å². The fraction of sp³-hybridized carbons (Fsp3) is 0.647. The van der Waals surface area contributed by atoms with Crippen LogP contribution in [0.15, 0.2) is 30.6 Å². The van der Waals surface area contributed by atoms with Crippen LogP contribution in [0.25, 0.3) is 0 Å². The lowest BCUT2D eigenvalue weighted by Gasteiger charge is -2.47. The van der Waals surface area contributed by atoms with Gasteiger partial charge >= 0.3 is 24.4 Å². The van der Waals surface area contributed by atoms with Gasteiger partial charge in [-0.25, -0.2) is 14.8 Å². The lowest BCUT2D eigenvalue weighted by atomic mass is 9.87. The highest BCUT2D eigenvalue weighted by molar-refractivity contribution is 5.70. The molecule has 50 heavy (non-hydrogen) atoms. The Morgan fingerprint density at radius 1 is 0.900 bits per heavy atom. The molecule has 0 spiro atoms. The Morgan fingerprint density at radius 3 is 1.92 bits per heavy atom.